The first-order chi connectivity index (χ1) is 23.2. The SMILES string of the molecule is CCCCCCCCOc1ccc(OC(=O)c2ccc(CCc3ccc(CCCC[Si](C)(C)CC[Si](C)(C)C[Si](C)(C)C)cc3)cc2)cc1. The number of esters is 1. The number of carbonyl (C=O) groups is 1. The van der Waals surface area contributed by atoms with Crippen molar-refractivity contribution in [1.82, 2.24) is 0 Å². The van der Waals surface area contributed by atoms with E-state index in [1.165, 1.54) is 80.1 Å². The van der Waals surface area contributed by atoms with Crippen LogP contribution in [-0.2, 0) is 19.3 Å². The van der Waals surface area contributed by atoms with E-state index in [0.717, 1.165) is 31.6 Å². The van der Waals surface area contributed by atoms with E-state index in [4.69, 9.17) is 9.47 Å². The first-order valence-electron chi connectivity index (χ1n) is 19.4. The quantitative estimate of drug-likeness (QED) is 0.0424. The van der Waals surface area contributed by atoms with Crippen molar-refractivity contribution in [3.63, 3.8) is 0 Å². The lowest BCUT2D eigenvalue weighted by Gasteiger charge is -2.33. The largest absolute Gasteiger partial charge is 0.494 e. The minimum Gasteiger partial charge on any atom is -0.494 e. The van der Waals surface area contributed by atoms with Crippen molar-refractivity contribution in [2.24, 2.45) is 0 Å². The standard InChI is InChI=1S/C43H68O3Si3/c1-9-10-11-12-13-15-32-45-41-28-30-42(31-29-41)46-43(44)40-26-24-39(25-27-40)23-22-38-20-18-37(19-21-38)17-14-16-33-48(5,6)34-35-49(7,8)36-47(2,3)4/h18-21,24-31H,9-17,22-23,32-36H2,1-8H3. The lowest BCUT2D eigenvalue weighted by Crippen LogP contribution is -2.39. The minimum atomic E-state index is -1.10. The van der Waals surface area contributed by atoms with Crippen molar-refractivity contribution in [1.29, 1.82) is 0 Å². The number of carbonyl (C=O) groups excluding carboxylic acids is 1. The van der Waals surface area contributed by atoms with Crippen molar-refractivity contribution < 1.29 is 14.3 Å². The summed E-state index contributed by atoms with van der Waals surface area (Å²) in [6.45, 7) is 21.2. The van der Waals surface area contributed by atoms with E-state index in [1.54, 1.807) is 23.8 Å². The van der Waals surface area contributed by atoms with Gasteiger partial charge in [0, 0.05) is 24.2 Å². The van der Waals surface area contributed by atoms with E-state index in [9.17, 15) is 4.79 Å². The Bertz CT molecular complexity index is 1360. The molecule has 0 aliphatic heterocycles. The normalized spacial score (nSPS) is 12.2. The van der Waals surface area contributed by atoms with Gasteiger partial charge in [-0.15, -0.1) is 0 Å². The van der Waals surface area contributed by atoms with Crippen LogP contribution >= 0.6 is 0 Å². The van der Waals surface area contributed by atoms with Crippen molar-refractivity contribution in [2.75, 3.05) is 6.61 Å². The van der Waals surface area contributed by atoms with Gasteiger partial charge in [-0.25, -0.2) is 4.79 Å². The van der Waals surface area contributed by atoms with Gasteiger partial charge in [0.05, 0.1) is 12.2 Å². The fraction of sp³-hybridized carbons (Fsp3) is 0.558. The lowest BCUT2D eigenvalue weighted by atomic mass is 10.0. The van der Waals surface area contributed by atoms with Crippen LogP contribution in [-0.4, -0.2) is 36.8 Å². The molecule has 3 aromatic rings. The molecule has 0 spiro atoms. The van der Waals surface area contributed by atoms with Gasteiger partial charge in [-0.3, -0.25) is 0 Å². The zero-order valence-electron chi connectivity index (χ0n) is 32.5. The predicted octanol–water partition coefficient (Wildman–Crippen LogP) is 13.0. The van der Waals surface area contributed by atoms with Crippen molar-refractivity contribution in [3.8, 4) is 11.5 Å². The second-order valence-corrected chi connectivity index (χ2v) is 34.0. The van der Waals surface area contributed by atoms with E-state index >= 15 is 0 Å². The molecule has 0 radical (unpaired) electrons. The van der Waals surface area contributed by atoms with Crippen LogP contribution in [0.2, 0.25) is 69.6 Å². The molecule has 49 heavy (non-hydrogen) atoms. The molecule has 6 heteroatoms. The van der Waals surface area contributed by atoms with Crippen LogP contribution < -0.4 is 9.47 Å². The summed E-state index contributed by atoms with van der Waals surface area (Å²) >= 11 is 0. The molecule has 0 heterocycles. The summed E-state index contributed by atoms with van der Waals surface area (Å²) in [7, 11) is -3.08. The zero-order valence-corrected chi connectivity index (χ0v) is 35.5. The predicted molar refractivity (Wildman–Crippen MR) is 221 cm³/mol. The maximum Gasteiger partial charge on any atom is 0.343 e. The number of rotatable bonds is 23. The van der Waals surface area contributed by atoms with Gasteiger partial charge < -0.3 is 9.47 Å². The average Bonchev–Trinajstić information content (AvgIpc) is 3.05. The second kappa shape index (κ2) is 20.4. The third-order valence-electron chi connectivity index (χ3n) is 9.77. The van der Waals surface area contributed by atoms with Gasteiger partial charge in [-0.2, -0.15) is 0 Å². The summed E-state index contributed by atoms with van der Waals surface area (Å²) in [5.41, 5.74) is 6.20. The van der Waals surface area contributed by atoms with Crippen molar-refractivity contribution in [2.45, 2.75) is 147 Å². The van der Waals surface area contributed by atoms with Gasteiger partial charge in [0.25, 0.3) is 0 Å². The Morgan fingerprint density at radius 3 is 1.63 bits per heavy atom. The Kier molecular flexibility index (Phi) is 17.1. The smallest absolute Gasteiger partial charge is 0.343 e. The van der Waals surface area contributed by atoms with Crippen LogP contribution in [0.3, 0.4) is 0 Å². The highest BCUT2D eigenvalue weighted by atomic mass is 28.4. The maximum absolute atomic E-state index is 12.7. The number of benzene rings is 3. The third kappa shape index (κ3) is 17.4. The number of aryl methyl sites for hydroxylation is 3. The highest BCUT2D eigenvalue weighted by Crippen LogP contribution is 2.30. The minimum absolute atomic E-state index is 0.336. The molecular weight excluding hydrogens is 649 g/mol. The fourth-order valence-electron chi connectivity index (χ4n) is 7.07. The molecular formula is C43H68O3Si3. The van der Waals surface area contributed by atoms with E-state index in [0.29, 0.717) is 11.3 Å². The molecule has 0 saturated carbocycles. The maximum atomic E-state index is 12.7. The van der Waals surface area contributed by atoms with Gasteiger partial charge >= 0.3 is 5.97 Å². The molecule has 0 saturated heterocycles. The van der Waals surface area contributed by atoms with Crippen LogP contribution in [0, 0.1) is 0 Å². The first kappa shape index (κ1) is 41.0. The molecule has 3 rings (SSSR count). The van der Waals surface area contributed by atoms with Crippen molar-refractivity contribution in [3.05, 3.63) is 95.1 Å². The number of hydrogen-bond donors (Lipinski definition) is 0. The molecule has 3 aromatic carbocycles. The Labute approximate surface area is 303 Å². The fourth-order valence-corrected chi connectivity index (χ4v) is 26.1. The molecule has 0 atom stereocenters. The Morgan fingerprint density at radius 2 is 1.04 bits per heavy atom. The number of ether oxygens (including phenoxy) is 2. The van der Waals surface area contributed by atoms with Crippen LogP contribution in [0.4, 0.5) is 0 Å². The van der Waals surface area contributed by atoms with Crippen LogP contribution in [0.15, 0.2) is 72.8 Å². The van der Waals surface area contributed by atoms with Gasteiger partial charge in [0.1, 0.15) is 11.5 Å². The first-order valence-corrected chi connectivity index (χ1v) is 29.9. The van der Waals surface area contributed by atoms with E-state index in [-0.39, 0.29) is 5.97 Å². The topological polar surface area (TPSA) is 35.5 Å². The summed E-state index contributed by atoms with van der Waals surface area (Å²) in [5.74, 6) is 1.01. The molecule has 0 aliphatic rings. The summed E-state index contributed by atoms with van der Waals surface area (Å²) in [4.78, 5) is 12.7. The molecule has 0 bridgehead atoms. The van der Waals surface area contributed by atoms with E-state index in [1.807, 2.05) is 36.4 Å². The van der Waals surface area contributed by atoms with E-state index in [2.05, 4.69) is 77.0 Å². The average molecular weight is 717 g/mol. The zero-order chi connectivity index (χ0) is 35.8. The highest BCUT2D eigenvalue weighted by Gasteiger charge is 2.31. The van der Waals surface area contributed by atoms with Crippen LogP contribution in [0.1, 0.15) is 85.3 Å². The molecule has 0 aromatic heterocycles. The summed E-state index contributed by atoms with van der Waals surface area (Å²) < 4.78 is 11.5. The Morgan fingerprint density at radius 1 is 0.531 bits per heavy atom. The summed E-state index contributed by atoms with van der Waals surface area (Å²) in [6, 6.07) is 29.0. The highest BCUT2D eigenvalue weighted by molar-refractivity contribution is 6.95. The molecule has 0 N–H and O–H groups in total. The van der Waals surface area contributed by atoms with E-state index < -0.39 is 24.2 Å². The van der Waals surface area contributed by atoms with Gasteiger partial charge in [-0.05, 0) is 85.2 Å². The number of hydrogen-bond acceptors (Lipinski definition) is 3. The number of unbranched alkanes of at least 4 members (excludes halogenated alkanes) is 6. The Hall–Kier alpha value is -2.42. The molecule has 0 aliphatic carbocycles. The summed E-state index contributed by atoms with van der Waals surface area (Å²) in [6.07, 6.45) is 13.3. The molecule has 0 amide bonds. The van der Waals surface area contributed by atoms with Gasteiger partial charge in [0.15, 0.2) is 0 Å². The summed E-state index contributed by atoms with van der Waals surface area (Å²) in [5, 5.41) is 0. The van der Waals surface area contributed by atoms with Crippen LogP contribution in [0.5, 0.6) is 11.5 Å². The monoisotopic (exact) mass is 716 g/mol. The Balaban J connectivity index is 1.33. The molecule has 270 valence electrons. The van der Waals surface area contributed by atoms with Gasteiger partial charge in [-0.1, -0.05) is 151 Å². The molecule has 3 nitrogen and oxygen atoms in total. The molecule has 0 unspecified atom stereocenters. The molecule has 0 fully saturated rings. The van der Waals surface area contributed by atoms with Crippen LogP contribution in [0.25, 0.3) is 0 Å². The third-order valence-corrected chi connectivity index (χ3v) is 23.3. The van der Waals surface area contributed by atoms with Gasteiger partial charge in [0.2, 0.25) is 0 Å². The van der Waals surface area contributed by atoms with Crippen molar-refractivity contribution >= 4 is 30.2 Å². The second-order valence-electron chi connectivity index (χ2n) is 17.3. The lowest BCUT2D eigenvalue weighted by molar-refractivity contribution is 0.0734.